The Bertz CT molecular complexity index is 522. The minimum Gasteiger partial charge on any atom is -0.465 e. The summed E-state index contributed by atoms with van der Waals surface area (Å²) in [4.78, 5) is 25.2. The SMILES string of the molecule is CCCN(CC(=O)Nc1sccc1C#N)CC(=O)OCC. The summed E-state index contributed by atoms with van der Waals surface area (Å²) in [5, 5.41) is 13.9. The van der Waals surface area contributed by atoms with E-state index in [1.54, 1.807) is 23.3 Å². The molecule has 21 heavy (non-hydrogen) atoms. The maximum Gasteiger partial charge on any atom is 0.320 e. The number of hydrogen-bond acceptors (Lipinski definition) is 6. The molecule has 0 saturated heterocycles. The highest BCUT2D eigenvalue weighted by molar-refractivity contribution is 7.14. The molecule has 7 heteroatoms. The average Bonchev–Trinajstić information content (AvgIpc) is 2.86. The van der Waals surface area contributed by atoms with Crippen LogP contribution in [-0.2, 0) is 14.3 Å². The molecule has 0 fully saturated rings. The van der Waals surface area contributed by atoms with E-state index in [4.69, 9.17) is 10.00 Å². The van der Waals surface area contributed by atoms with E-state index < -0.39 is 0 Å². The van der Waals surface area contributed by atoms with Crippen molar-refractivity contribution in [3.63, 3.8) is 0 Å². The van der Waals surface area contributed by atoms with Crippen LogP contribution in [-0.4, -0.2) is 43.0 Å². The fourth-order valence-electron chi connectivity index (χ4n) is 1.78. The summed E-state index contributed by atoms with van der Waals surface area (Å²) in [5.41, 5.74) is 0.445. The van der Waals surface area contributed by atoms with Crippen LogP contribution in [0.4, 0.5) is 5.00 Å². The molecular weight excluding hydrogens is 290 g/mol. The summed E-state index contributed by atoms with van der Waals surface area (Å²) in [5.74, 6) is -0.584. The number of hydrogen-bond donors (Lipinski definition) is 1. The van der Waals surface area contributed by atoms with Crippen molar-refractivity contribution in [1.82, 2.24) is 4.90 Å². The molecule has 1 rings (SSSR count). The zero-order chi connectivity index (χ0) is 15.7. The van der Waals surface area contributed by atoms with E-state index in [0.717, 1.165) is 6.42 Å². The molecule has 1 N–H and O–H groups in total. The number of nitrogens with zero attached hydrogens (tertiary/aromatic N) is 2. The Labute approximate surface area is 128 Å². The lowest BCUT2D eigenvalue weighted by Crippen LogP contribution is -2.38. The Kier molecular flexibility index (Phi) is 7.43. The van der Waals surface area contributed by atoms with Crippen LogP contribution in [0.5, 0.6) is 0 Å². The Morgan fingerprint density at radius 2 is 2.19 bits per heavy atom. The van der Waals surface area contributed by atoms with E-state index >= 15 is 0 Å². The van der Waals surface area contributed by atoms with Crippen LogP contribution in [0.15, 0.2) is 11.4 Å². The first kappa shape index (κ1) is 17.1. The predicted molar refractivity (Wildman–Crippen MR) is 81.0 cm³/mol. The van der Waals surface area contributed by atoms with Gasteiger partial charge in [0.15, 0.2) is 0 Å². The quantitative estimate of drug-likeness (QED) is 0.741. The first-order chi connectivity index (χ1) is 10.1. The molecule has 1 aromatic heterocycles. The lowest BCUT2D eigenvalue weighted by Gasteiger charge is -2.19. The molecular formula is C14H19N3O3S. The second-order valence-electron chi connectivity index (χ2n) is 4.34. The monoisotopic (exact) mass is 309 g/mol. The maximum absolute atomic E-state index is 12.0. The molecule has 114 valence electrons. The van der Waals surface area contributed by atoms with Gasteiger partial charge in [0.25, 0.3) is 0 Å². The van der Waals surface area contributed by atoms with Crippen LogP contribution in [0.1, 0.15) is 25.8 Å². The van der Waals surface area contributed by atoms with Gasteiger partial charge in [-0.15, -0.1) is 11.3 Å². The molecule has 0 aliphatic rings. The molecule has 1 heterocycles. The van der Waals surface area contributed by atoms with Crippen molar-refractivity contribution in [3.05, 3.63) is 17.0 Å². The van der Waals surface area contributed by atoms with Gasteiger partial charge in [-0.05, 0) is 31.3 Å². The number of nitrogens with one attached hydrogen (secondary N) is 1. The van der Waals surface area contributed by atoms with Gasteiger partial charge < -0.3 is 10.1 Å². The fraction of sp³-hybridized carbons (Fsp3) is 0.500. The van der Waals surface area contributed by atoms with Crippen molar-refractivity contribution in [2.75, 3.05) is 31.6 Å². The van der Waals surface area contributed by atoms with Crippen LogP contribution >= 0.6 is 11.3 Å². The van der Waals surface area contributed by atoms with Crippen molar-refractivity contribution in [1.29, 1.82) is 5.26 Å². The van der Waals surface area contributed by atoms with Gasteiger partial charge in [0.05, 0.1) is 25.3 Å². The van der Waals surface area contributed by atoms with Gasteiger partial charge in [-0.3, -0.25) is 14.5 Å². The van der Waals surface area contributed by atoms with Crippen molar-refractivity contribution in [2.45, 2.75) is 20.3 Å². The van der Waals surface area contributed by atoms with Gasteiger partial charge in [0.1, 0.15) is 11.1 Å². The van der Waals surface area contributed by atoms with Crippen molar-refractivity contribution in [3.8, 4) is 6.07 Å². The number of amides is 1. The molecule has 0 aromatic carbocycles. The highest BCUT2D eigenvalue weighted by Crippen LogP contribution is 2.21. The van der Waals surface area contributed by atoms with Gasteiger partial charge in [0.2, 0.25) is 5.91 Å². The van der Waals surface area contributed by atoms with Gasteiger partial charge in [0, 0.05) is 0 Å². The van der Waals surface area contributed by atoms with Gasteiger partial charge in [-0.25, -0.2) is 0 Å². The minimum atomic E-state index is -0.340. The first-order valence-electron chi connectivity index (χ1n) is 6.76. The molecule has 1 aromatic rings. The molecule has 0 atom stereocenters. The van der Waals surface area contributed by atoms with Crippen molar-refractivity contribution < 1.29 is 14.3 Å². The smallest absolute Gasteiger partial charge is 0.320 e. The summed E-state index contributed by atoms with van der Waals surface area (Å²) < 4.78 is 4.89. The third-order valence-corrected chi connectivity index (χ3v) is 3.43. The Hall–Kier alpha value is -1.91. The lowest BCUT2D eigenvalue weighted by molar-refractivity contribution is -0.144. The van der Waals surface area contributed by atoms with Gasteiger partial charge >= 0.3 is 5.97 Å². The van der Waals surface area contributed by atoms with E-state index in [1.165, 1.54) is 11.3 Å². The molecule has 1 amide bonds. The summed E-state index contributed by atoms with van der Waals surface area (Å²) in [6.07, 6.45) is 0.829. The normalized spacial score (nSPS) is 10.2. The summed E-state index contributed by atoms with van der Waals surface area (Å²) in [7, 11) is 0. The molecule has 0 saturated carbocycles. The molecule has 0 bridgehead atoms. The van der Waals surface area contributed by atoms with Gasteiger partial charge in [-0.1, -0.05) is 6.92 Å². The van der Waals surface area contributed by atoms with Crippen LogP contribution in [0.25, 0.3) is 0 Å². The molecule has 0 unspecified atom stereocenters. The van der Waals surface area contributed by atoms with Crippen LogP contribution in [0.2, 0.25) is 0 Å². The lowest BCUT2D eigenvalue weighted by atomic mass is 10.3. The zero-order valence-corrected chi connectivity index (χ0v) is 13.0. The largest absolute Gasteiger partial charge is 0.465 e. The Morgan fingerprint density at radius 1 is 1.43 bits per heavy atom. The maximum atomic E-state index is 12.0. The number of rotatable bonds is 8. The standard InChI is InChI=1S/C14H19N3O3S/c1-3-6-17(10-13(19)20-4-2)9-12(18)16-14-11(8-15)5-7-21-14/h5,7H,3-4,6,9-10H2,1-2H3,(H,16,18). The number of ether oxygens (including phenoxy) is 1. The number of anilines is 1. The number of carbonyl (C=O) groups excluding carboxylic acids is 2. The number of nitriles is 1. The van der Waals surface area contributed by atoms with Crippen molar-refractivity contribution in [2.24, 2.45) is 0 Å². The zero-order valence-electron chi connectivity index (χ0n) is 12.2. The molecule has 0 spiro atoms. The fourth-order valence-corrected chi connectivity index (χ4v) is 2.54. The second-order valence-corrected chi connectivity index (χ2v) is 5.26. The molecule has 0 aliphatic heterocycles. The van der Waals surface area contributed by atoms with E-state index in [1.807, 2.05) is 13.0 Å². The van der Waals surface area contributed by atoms with E-state index in [-0.39, 0.29) is 25.0 Å². The van der Waals surface area contributed by atoms with Crippen LogP contribution in [0.3, 0.4) is 0 Å². The third-order valence-electron chi connectivity index (χ3n) is 2.60. The number of thiophene rings is 1. The Balaban J connectivity index is 2.56. The predicted octanol–water partition coefficient (Wildman–Crippen LogP) is 1.83. The minimum absolute atomic E-state index is 0.0879. The second kappa shape index (κ2) is 9.10. The van der Waals surface area contributed by atoms with E-state index in [0.29, 0.717) is 23.7 Å². The van der Waals surface area contributed by atoms with Crippen molar-refractivity contribution >= 4 is 28.2 Å². The number of carbonyl (C=O) groups is 2. The Morgan fingerprint density at radius 3 is 2.81 bits per heavy atom. The summed E-state index contributed by atoms with van der Waals surface area (Å²) >= 11 is 1.30. The molecule has 6 nitrogen and oxygen atoms in total. The highest BCUT2D eigenvalue weighted by atomic mass is 32.1. The van der Waals surface area contributed by atoms with Gasteiger partial charge in [-0.2, -0.15) is 5.26 Å². The van der Waals surface area contributed by atoms with Crippen LogP contribution in [0, 0.1) is 11.3 Å². The summed E-state index contributed by atoms with van der Waals surface area (Å²) in [6.45, 7) is 4.85. The number of esters is 1. The highest BCUT2D eigenvalue weighted by Gasteiger charge is 2.16. The van der Waals surface area contributed by atoms with E-state index in [2.05, 4.69) is 5.32 Å². The third kappa shape index (κ3) is 5.94. The summed E-state index contributed by atoms with van der Waals surface area (Å²) in [6, 6.07) is 3.67. The first-order valence-corrected chi connectivity index (χ1v) is 7.64. The van der Waals surface area contributed by atoms with E-state index in [9.17, 15) is 9.59 Å². The molecule has 0 aliphatic carbocycles. The average molecular weight is 309 g/mol. The topological polar surface area (TPSA) is 82.4 Å². The molecule has 0 radical (unpaired) electrons. The van der Waals surface area contributed by atoms with Crippen LogP contribution < -0.4 is 5.32 Å².